The van der Waals surface area contributed by atoms with Gasteiger partial charge in [-0.1, -0.05) is 72.8 Å². The lowest BCUT2D eigenvalue weighted by Gasteiger charge is -2.33. The molecule has 0 saturated heterocycles. The number of para-hydroxylation sites is 1. The Bertz CT molecular complexity index is 1400. The van der Waals surface area contributed by atoms with Gasteiger partial charge < -0.3 is 15.2 Å². The van der Waals surface area contributed by atoms with Crippen LogP contribution in [0.1, 0.15) is 63.7 Å². The summed E-state index contributed by atoms with van der Waals surface area (Å²) in [5.74, 6) is 0.598. The molecule has 0 bridgehead atoms. The van der Waals surface area contributed by atoms with Crippen molar-refractivity contribution in [3.8, 4) is 5.75 Å². The molecule has 0 unspecified atom stereocenters. The molecule has 0 aromatic heterocycles. The van der Waals surface area contributed by atoms with Gasteiger partial charge >= 0.3 is 5.97 Å². The van der Waals surface area contributed by atoms with Crippen LogP contribution in [0, 0.1) is 0 Å². The largest absolute Gasteiger partial charge is 0.489 e. The van der Waals surface area contributed by atoms with Crippen LogP contribution < -0.4 is 10.1 Å². The summed E-state index contributed by atoms with van der Waals surface area (Å²) in [4.78, 5) is 12.0. The van der Waals surface area contributed by atoms with Gasteiger partial charge in [0.2, 0.25) is 0 Å². The summed E-state index contributed by atoms with van der Waals surface area (Å²) < 4.78 is 6.38. The van der Waals surface area contributed by atoms with Gasteiger partial charge in [0, 0.05) is 18.0 Å². The predicted molar refractivity (Wildman–Crippen MR) is 143 cm³/mol. The van der Waals surface area contributed by atoms with Gasteiger partial charge in [-0.05, 0) is 77.7 Å². The van der Waals surface area contributed by atoms with Crippen molar-refractivity contribution in [1.82, 2.24) is 5.32 Å². The Morgan fingerprint density at radius 2 is 1.72 bits per heavy atom. The molecule has 1 aliphatic carbocycles. The summed E-state index contributed by atoms with van der Waals surface area (Å²) >= 11 is 0. The maximum Gasteiger partial charge on any atom is 0.335 e. The van der Waals surface area contributed by atoms with Crippen LogP contribution in [0.15, 0.2) is 84.9 Å². The summed E-state index contributed by atoms with van der Waals surface area (Å²) in [6.45, 7) is 1.63. The predicted octanol–water partition coefficient (Wildman–Crippen LogP) is 6.53. The minimum atomic E-state index is -0.828. The molecule has 4 heteroatoms. The third kappa shape index (κ3) is 4.61. The number of carboxylic acid groups (broad SMARTS) is 1. The number of carboxylic acids is 1. The van der Waals surface area contributed by atoms with Crippen molar-refractivity contribution in [2.45, 2.75) is 43.6 Å². The van der Waals surface area contributed by atoms with E-state index in [2.05, 4.69) is 59.9 Å². The quantitative estimate of drug-likeness (QED) is 0.283. The van der Waals surface area contributed by atoms with E-state index in [1.54, 1.807) is 0 Å². The lowest BCUT2D eigenvalue weighted by atomic mass is 9.82. The molecule has 2 aliphatic rings. The number of hydrogen-bond acceptors (Lipinski definition) is 3. The molecule has 4 nitrogen and oxygen atoms in total. The van der Waals surface area contributed by atoms with Crippen LogP contribution in [0.25, 0.3) is 10.8 Å². The average molecular weight is 478 g/mol. The van der Waals surface area contributed by atoms with Gasteiger partial charge in [0.1, 0.15) is 11.9 Å². The molecule has 2 N–H and O–H groups in total. The maximum absolute atomic E-state index is 12.0. The first-order valence-corrected chi connectivity index (χ1v) is 13.0. The molecule has 1 heterocycles. The Labute approximate surface area is 211 Å². The van der Waals surface area contributed by atoms with Crippen molar-refractivity contribution in [3.63, 3.8) is 0 Å². The molecule has 1 fully saturated rings. The Balaban J connectivity index is 1.17. The number of rotatable bonds is 8. The number of nitrogens with one attached hydrogen (secondary N) is 1. The van der Waals surface area contributed by atoms with Crippen LogP contribution in [0.2, 0.25) is 0 Å². The highest BCUT2D eigenvalue weighted by atomic mass is 16.5. The first-order valence-electron chi connectivity index (χ1n) is 13.0. The van der Waals surface area contributed by atoms with E-state index in [1.165, 1.54) is 16.3 Å². The summed E-state index contributed by atoms with van der Waals surface area (Å²) in [5.41, 5.74) is 5.00. The zero-order valence-electron chi connectivity index (χ0n) is 20.3. The Morgan fingerprint density at radius 1 is 0.917 bits per heavy atom. The molecule has 0 amide bonds. The lowest BCUT2D eigenvalue weighted by Crippen LogP contribution is -2.36. The smallest absolute Gasteiger partial charge is 0.335 e. The van der Waals surface area contributed by atoms with Crippen LogP contribution >= 0.6 is 0 Å². The van der Waals surface area contributed by atoms with E-state index in [0.717, 1.165) is 61.2 Å². The molecule has 0 spiro atoms. The second-order valence-electron chi connectivity index (χ2n) is 10.1. The van der Waals surface area contributed by atoms with Crippen molar-refractivity contribution in [2.75, 3.05) is 13.1 Å². The molecule has 182 valence electrons. The van der Waals surface area contributed by atoms with Gasteiger partial charge in [-0.25, -0.2) is 4.79 Å². The van der Waals surface area contributed by atoms with Crippen molar-refractivity contribution >= 4 is 16.7 Å². The highest BCUT2D eigenvalue weighted by Crippen LogP contribution is 2.44. The zero-order valence-corrected chi connectivity index (χ0v) is 20.3. The third-order valence-electron chi connectivity index (χ3n) is 7.64. The number of hydrogen-bond donors (Lipinski definition) is 2. The van der Waals surface area contributed by atoms with Crippen LogP contribution in [-0.2, 0) is 6.42 Å². The number of benzene rings is 4. The summed E-state index contributed by atoms with van der Waals surface area (Å²) in [5, 5.41) is 16.1. The van der Waals surface area contributed by atoms with Gasteiger partial charge in [0.05, 0.1) is 5.56 Å². The van der Waals surface area contributed by atoms with E-state index in [-0.39, 0.29) is 12.0 Å². The first-order chi connectivity index (χ1) is 17.7. The van der Waals surface area contributed by atoms with E-state index in [1.807, 2.05) is 30.3 Å². The fourth-order valence-electron chi connectivity index (χ4n) is 5.66. The molecule has 4 aromatic rings. The topological polar surface area (TPSA) is 58.6 Å². The maximum atomic E-state index is 12.0. The van der Waals surface area contributed by atoms with Crippen LogP contribution in [0.5, 0.6) is 5.75 Å². The van der Waals surface area contributed by atoms with Crippen molar-refractivity contribution in [3.05, 3.63) is 113 Å². The van der Waals surface area contributed by atoms with E-state index in [0.29, 0.717) is 11.5 Å². The van der Waals surface area contributed by atoms with Gasteiger partial charge in [-0.3, -0.25) is 0 Å². The third-order valence-corrected chi connectivity index (χ3v) is 7.64. The van der Waals surface area contributed by atoms with Crippen LogP contribution in [-0.4, -0.2) is 30.3 Å². The monoisotopic (exact) mass is 477 g/mol. The molecule has 2 atom stereocenters. The van der Waals surface area contributed by atoms with Gasteiger partial charge in [-0.2, -0.15) is 0 Å². The van der Waals surface area contributed by atoms with Gasteiger partial charge in [0.15, 0.2) is 0 Å². The molecule has 6 rings (SSSR count). The Kier molecular flexibility index (Phi) is 6.20. The molecular weight excluding hydrogens is 446 g/mol. The summed E-state index contributed by atoms with van der Waals surface area (Å²) in [6.07, 6.45) is 3.98. The van der Waals surface area contributed by atoms with Crippen molar-refractivity contribution in [1.29, 1.82) is 0 Å². The van der Waals surface area contributed by atoms with E-state index < -0.39 is 5.97 Å². The Hall–Kier alpha value is -3.63. The van der Waals surface area contributed by atoms with Crippen molar-refractivity contribution < 1.29 is 14.6 Å². The SMILES string of the molecule is O=C(O)c1cc([C@H]2C[C@H](CNCCc3cccc4ccccc34)Oc3ccccc32)ccc1C1CC1. The van der Waals surface area contributed by atoms with Crippen LogP contribution in [0.4, 0.5) is 0 Å². The zero-order chi connectivity index (χ0) is 24.5. The summed E-state index contributed by atoms with van der Waals surface area (Å²) in [6, 6.07) is 29.3. The molecule has 1 aliphatic heterocycles. The fraction of sp³-hybridized carbons (Fsp3) is 0.281. The minimum absolute atomic E-state index is 0.0220. The number of aromatic carboxylic acids is 1. The molecule has 4 aromatic carbocycles. The second kappa shape index (κ2) is 9.79. The van der Waals surface area contributed by atoms with Gasteiger partial charge in [-0.15, -0.1) is 0 Å². The van der Waals surface area contributed by atoms with Crippen LogP contribution in [0.3, 0.4) is 0 Å². The van der Waals surface area contributed by atoms with E-state index in [9.17, 15) is 9.90 Å². The molecular formula is C32H31NO3. The number of carbonyl (C=O) groups is 1. The minimum Gasteiger partial charge on any atom is -0.489 e. The number of ether oxygens (including phenoxy) is 1. The first kappa shape index (κ1) is 22.8. The van der Waals surface area contributed by atoms with Crippen molar-refractivity contribution in [2.24, 2.45) is 0 Å². The highest BCUT2D eigenvalue weighted by Gasteiger charge is 2.32. The average Bonchev–Trinajstić information content (AvgIpc) is 3.76. The molecule has 36 heavy (non-hydrogen) atoms. The normalized spacial score (nSPS) is 19.0. The Morgan fingerprint density at radius 3 is 2.58 bits per heavy atom. The van der Waals surface area contributed by atoms with Gasteiger partial charge in [0.25, 0.3) is 0 Å². The fourth-order valence-corrected chi connectivity index (χ4v) is 5.66. The summed E-state index contributed by atoms with van der Waals surface area (Å²) in [7, 11) is 0. The van der Waals surface area contributed by atoms with E-state index in [4.69, 9.17) is 4.74 Å². The molecule has 1 saturated carbocycles. The number of fused-ring (bicyclic) bond motifs is 2. The highest BCUT2D eigenvalue weighted by molar-refractivity contribution is 5.90. The lowest BCUT2D eigenvalue weighted by molar-refractivity contribution is 0.0695. The van der Waals surface area contributed by atoms with E-state index >= 15 is 0 Å². The molecule has 0 radical (unpaired) electrons. The second-order valence-corrected chi connectivity index (χ2v) is 10.1. The standard InChI is InChI=1S/C32H31NO3/c34-32(35)30-18-24(14-15-27(30)23-12-13-23)29-19-25(36-31-11-4-3-10-28(29)31)20-33-17-16-22-8-5-7-21-6-1-2-9-26(21)22/h1-11,14-15,18,23,25,29,33H,12-13,16-17,19-20H2,(H,34,35)/t25-,29-/m1/s1.